The topological polar surface area (TPSA) is 31.9 Å². The standard InChI is InChI=1S/C13H19N3/c1-10-12-9-11(5-4-8-16(2)3)6-7-13(12)15-14-10/h6-7,9H,4-5,8H2,1-3H3,(H,14,15). The van der Waals surface area contributed by atoms with E-state index in [1.165, 1.54) is 17.4 Å². The lowest BCUT2D eigenvalue weighted by Crippen LogP contribution is -2.13. The Morgan fingerprint density at radius 1 is 1.31 bits per heavy atom. The molecule has 0 aliphatic carbocycles. The first kappa shape index (κ1) is 11.1. The normalized spacial score (nSPS) is 11.5. The molecule has 0 radical (unpaired) electrons. The maximum Gasteiger partial charge on any atom is 0.0923 e. The second-order valence-corrected chi connectivity index (χ2v) is 4.61. The average molecular weight is 217 g/mol. The Bertz CT molecular complexity index is 471. The third kappa shape index (κ3) is 2.42. The Balaban J connectivity index is 2.10. The van der Waals surface area contributed by atoms with Crippen LogP contribution in [0.1, 0.15) is 17.7 Å². The SMILES string of the molecule is Cc1[nH]nc2ccc(CCCN(C)C)cc12. The van der Waals surface area contributed by atoms with Gasteiger partial charge in [-0.25, -0.2) is 0 Å². The number of aryl methyl sites for hydroxylation is 2. The van der Waals surface area contributed by atoms with Crippen LogP contribution in [0.5, 0.6) is 0 Å². The van der Waals surface area contributed by atoms with Gasteiger partial charge in [-0.15, -0.1) is 0 Å². The maximum absolute atomic E-state index is 4.23. The predicted molar refractivity (Wildman–Crippen MR) is 67.7 cm³/mol. The molecule has 0 unspecified atom stereocenters. The van der Waals surface area contributed by atoms with Crippen LogP contribution in [0.3, 0.4) is 0 Å². The van der Waals surface area contributed by atoms with Gasteiger partial charge in [0.1, 0.15) is 0 Å². The zero-order valence-electron chi connectivity index (χ0n) is 10.2. The van der Waals surface area contributed by atoms with Crippen molar-refractivity contribution in [1.29, 1.82) is 0 Å². The minimum Gasteiger partial charge on any atom is -0.309 e. The molecule has 2 rings (SSSR count). The lowest BCUT2D eigenvalue weighted by Gasteiger charge is -2.08. The second-order valence-electron chi connectivity index (χ2n) is 4.61. The molecular formula is C13H19N3. The van der Waals surface area contributed by atoms with Crippen molar-refractivity contribution in [3.8, 4) is 0 Å². The van der Waals surface area contributed by atoms with Crippen LogP contribution in [-0.2, 0) is 6.42 Å². The minimum absolute atomic E-state index is 1.06. The molecule has 0 fully saturated rings. The van der Waals surface area contributed by atoms with E-state index in [-0.39, 0.29) is 0 Å². The summed E-state index contributed by atoms with van der Waals surface area (Å²) < 4.78 is 0. The van der Waals surface area contributed by atoms with Gasteiger partial charge in [0.05, 0.1) is 5.52 Å². The molecule has 2 aromatic rings. The Morgan fingerprint density at radius 2 is 2.12 bits per heavy atom. The molecule has 0 saturated carbocycles. The minimum atomic E-state index is 1.06. The summed E-state index contributed by atoms with van der Waals surface area (Å²) in [6.45, 7) is 3.21. The van der Waals surface area contributed by atoms with Gasteiger partial charge in [0.2, 0.25) is 0 Å². The highest BCUT2D eigenvalue weighted by atomic mass is 15.1. The second kappa shape index (κ2) is 4.66. The van der Waals surface area contributed by atoms with Crippen molar-refractivity contribution in [3.63, 3.8) is 0 Å². The van der Waals surface area contributed by atoms with E-state index in [0.29, 0.717) is 0 Å². The number of hydrogen-bond donors (Lipinski definition) is 1. The first-order valence-corrected chi connectivity index (χ1v) is 5.75. The zero-order chi connectivity index (χ0) is 11.5. The van der Waals surface area contributed by atoms with E-state index >= 15 is 0 Å². The van der Waals surface area contributed by atoms with E-state index in [0.717, 1.165) is 24.2 Å². The van der Waals surface area contributed by atoms with Crippen LogP contribution in [0.4, 0.5) is 0 Å². The molecule has 16 heavy (non-hydrogen) atoms. The van der Waals surface area contributed by atoms with Crippen molar-refractivity contribution in [2.45, 2.75) is 19.8 Å². The molecular weight excluding hydrogens is 198 g/mol. The number of fused-ring (bicyclic) bond motifs is 1. The molecule has 0 aliphatic rings. The molecule has 3 heteroatoms. The molecule has 1 heterocycles. The summed E-state index contributed by atoms with van der Waals surface area (Å²) in [7, 11) is 4.23. The number of aromatic amines is 1. The van der Waals surface area contributed by atoms with Crippen LogP contribution in [0.15, 0.2) is 18.2 Å². The predicted octanol–water partition coefficient (Wildman–Crippen LogP) is 2.37. The van der Waals surface area contributed by atoms with Crippen LogP contribution >= 0.6 is 0 Å². The number of nitrogens with one attached hydrogen (secondary N) is 1. The summed E-state index contributed by atoms with van der Waals surface area (Å²) in [5.74, 6) is 0. The van der Waals surface area contributed by atoms with Gasteiger partial charge >= 0.3 is 0 Å². The molecule has 86 valence electrons. The van der Waals surface area contributed by atoms with Gasteiger partial charge in [-0.1, -0.05) is 6.07 Å². The first-order valence-electron chi connectivity index (χ1n) is 5.75. The fourth-order valence-electron chi connectivity index (χ4n) is 1.94. The number of nitrogens with zero attached hydrogens (tertiary/aromatic N) is 2. The number of aromatic nitrogens is 2. The van der Waals surface area contributed by atoms with Crippen LogP contribution in [0.2, 0.25) is 0 Å². The van der Waals surface area contributed by atoms with E-state index in [1.807, 2.05) is 0 Å². The fourth-order valence-corrected chi connectivity index (χ4v) is 1.94. The molecule has 0 bridgehead atoms. The van der Waals surface area contributed by atoms with Crippen LogP contribution < -0.4 is 0 Å². The smallest absolute Gasteiger partial charge is 0.0923 e. The molecule has 0 amide bonds. The van der Waals surface area contributed by atoms with Gasteiger partial charge in [0, 0.05) is 11.1 Å². The Kier molecular flexibility index (Phi) is 3.25. The van der Waals surface area contributed by atoms with Crippen molar-refractivity contribution in [2.24, 2.45) is 0 Å². The number of H-pyrrole nitrogens is 1. The molecule has 1 aromatic carbocycles. The third-order valence-corrected chi connectivity index (χ3v) is 2.88. The summed E-state index contributed by atoms with van der Waals surface area (Å²) in [5.41, 5.74) is 3.62. The summed E-state index contributed by atoms with van der Waals surface area (Å²) in [6, 6.07) is 6.53. The molecule has 1 N–H and O–H groups in total. The van der Waals surface area contributed by atoms with Gasteiger partial charge in [-0.2, -0.15) is 5.10 Å². The highest BCUT2D eigenvalue weighted by Gasteiger charge is 2.02. The Hall–Kier alpha value is -1.35. The summed E-state index contributed by atoms with van der Waals surface area (Å²) in [4.78, 5) is 2.22. The third-order valence-electron chi connectivity index (χ3n) is 2.88. The van der Waals surface area contributed by atoms with Gasteiger partial charge in [0.25, 0.3) is 0 Å². The lowest BCUT2D eigenvalue weighted by molar-refractivity contribution is 0.400. The van der Waals surface area contributed by atoms with Crippen molar-refractivity contribution in [2.75, 3.05) is 20.6 Å². The Morgan fingerprint density at radius 3 is 2.88 bits per heavy atom. The maximum atomic E-state index is 4.23. The first-order chi connectivity index (χ1) is 7.66. The summed E-state index contributed by atoms with van der Waals surface area (Å²) in [6.07, 6.45) is 2.34. The van der Waals surface area contributed by atoms with Crippen molar-refractivity contribution >= 4 is 10.9 Å². The molecule has 3 nitrogen and oxygen atoms in total. The molecule has 0 spiro atoms. The monoisotopic (exact) mass is 217 g/mol. The number of benzene rings is 1. The van der Waals surface area contributed by atoms with E-state index in [1.54, 1.807) is 0 Å². The highest BCUT2D eigenvalue weighted by molar-refractivity contribution is 5.81. The van der Waals surface area contributed by atoms with Crippen molar-refractivity contribution in [1.82, 2.24) is 15.1 Å². The van der Waals surface area contributed by atoms with E-state index in [9.17, 15) is 0 Å². The fraction of sp³-hybridized carbons (Fsp3) is 0.462. The van der Waals surface area contributed by atoms with Crippen molar-refractivity contribution in [3.05, 3.63) is 29.5 Å². The average Bonchev–Trinajstić information content (AvgIpc) is 2.60. The molecule has 0 atom stereocenters. The van der Waals surface area contributed by atoms with Crippen LogP contribution in [0, 0.1) is 6.92 Å². The molecule has 1 aromatic heterocycles. The Labute approximate surface area is 96.5 Å². The van der Waals surface area contributed by atoms with Crippen LogP contribution in [0.25, 0.3) is 10.9 Å². The van der Waals surface area contributed by atoms with Gasteiger partial charge in [-0.3, -0.25) is 5.10 Å². The molecule has 0 aliphatic heterocycles. The van der Waals surface area contributed by atoms with Gasteiger partial charge in [-0.05, 0) is 58.1 Å². The van der Waals surface area contributed by atoms with E-state index in [4.69, 9.17) is 0 Å². The number of rotatable bonds is 4. The number of hydrogen-bond acceptors (Lipinski definition) is 2. The molecule has 0 saturated heterocycles. The van der Waals surface area contributed by atoms with E-state index < -0.39 is 0 Å². The van der Waals surface area contributed by atoms with Crippen LogP contribution in [-0.4, -0.2) is 35.7 Å². The quantitative estimate of drug-likeness (QED) is 0.852. The van der Waals surface area contributed by atoms with E-state index in [2.05, 4.69) is 54.3 Å². The van der Waals surface area contributed by atoms with Gasteiger partial charge < -0.3 is 4.90 Å². The zero-order valence-corrected chi connectivity index (χ0v) is 10.2. The lowest BCUT2D eigenvalue weighted by atomic mass is 10.1. The van der Waals surface area contributed by atoms with Crippen molar-refractivity contribution < 1.29 is 0 Å². The highest BCUT2D eigenvalue weighted by Crippen LogP contribution is 2.17. The largest absolute Gasteiger partial charge is 0.309 e. The summed E-state index contributed by atoms with van der Waals surface area (Å²) >= 11 is 0. The summed E-state index contributed by atoms with van der Waals surface area (Å²) in [5, 5.41) is 8.51. The van der Waals surface area contributed by atoms with Gasteiger partial charge in [0.15, 0.2) is 0 Å².